The first-order valence-electron chi connectivity index (χ1n) is 6.04. The Kier molecular flexibility index (Phi) is 4.94. The summed E-state index contributed by atoms with van der Waals surface area (Å²) < 4.78 is 0.691. The van der Waals surface area contributed by atoms with Gasteiger partial charge in [-0.25, -0.2) is 9.78 Å². The highest BCUT2D eigenvalue weighted by molar-refractivity contribution is 7.15. The number of thiazole rings is 1. The van der Waals surface area contributed by atoms with Gasteiger partial charge in [-0.15, -0.1) is 11.3 Å². The molecule has 0 bridgehead atoms. The van der Waals surface area contributed by atoms with E-state index in [1.54, 1.807) is 6.20 Å². The number of carbonyl (C=O) groups is 1. The van der Waals surface area contributed by atoms with Crippen molar-refractivity contribution in [3.8, 4) is 0 Å². The van der Waals surface area contributed by atoms with Crippen LogP contribution in [0.2, 0.25) is 4.34 Å². The van der Waals surface area contributed by atoms with E-state index in [2.05, 4.69) is 22.5 Å². The molecule has 0 radical (unpaired) electrons. The van der Waals surface area contributed by atoms with Gasteiger partial charge in [-0.2, -0.15) is 0 Å². The molecule has 0 saturated carbocycles. The van der Waals surface area contributed by atoms with Gasteiger partial charge in [0.25, 0.3) is 0 Å². The van der Waals surface area contributed by atoms with Crippen LogP contribution in [-0.2, 0) is 6.54 Å². The number of urea groups is 1. The van der Waals surface area contributed by atoms with Gasteiger partial charge in [-0.1, -0.05) is 23.7 Å². The van der Waals surface area contributed by atoms with Gasteiger partial charge in [0, 0.05) is 18.3 Å². The van der Waals surface area contributed by atoms with E-state index >= 15 is 0 Å². The van der Waals surface area contributed by atoms with Crippen molar-refractivity contribution in [2.75, 3.05) is 5.32 Å². The summed E-state index contributed by atoms with van der Waals surface area (Å²) in [5.74, 6) is 0. The number of aromatic nitrogens is 1. The van der Waals surface area contributed by atoms with Crippen molar-refractivity contribution in [3.05, 3.63) is 45.4 Å². The normalized spacial score (nSPS) is 12.1. The average Bonchev–Trinajstić information content (AvgIpc) is 2.82. The molecule has 1 heterocycles. The Hall–Kier alpha value is -1.63. The highest BCUT2D eigenvalue weighted by atomic mass is 35.5. The van der Waals surface area contributed by atoms with E-state index in [4.69, 9.17) is 17.3 Å². The molecule has 1 unspecified atom stereocenters. The molecule has 4 N–H and O–H groups in total. The number of hydrogen-bond donors (Lipinski definition) is 3. The predicted octanol–water partition coefficient (Wildman–Crippen LogP) is 3.14. The molecule has 2 rings (SSSR count). The van der Waals surface area contributed by atoms with Crippen LogP contribution < -0.4 is 16.4 Å². The zero-order valence-corrected chi connectivity index (χ0v) is 12.5. The number of halogens is 1. The van der Waals surface area contributed by atoms with Crippen LogP contribution in [0.5, 0.6) is 0 Å². The van der Waals surface area contributed by atoms with E-state index in [-0.39, 0.29) is 6.04 Å². The molecule has 106 valence electrons. The van der Waals surface area contributed by atoms with Crippen molar-refractivity contribution in [2.24, 2.45) is 5.73 Å². The molecule has 20 heavy (non-hydrogen) atoms. The molecular weight excluding hydrogens is 296 g/mol. The molecule has 7 heteroatoms. The summed E-state index contributed by atoms with van der Waals surface area (Å²) in [6, 6.07) is 7.12. The Bertz CT molecular complexity index is 584. The molecule has 0 spiro atoms. The smallest absolute Gasteiger partial charge is 0.316 e. The van der Waals surface area contributed by atoms with Gasteiger partial charge < -0.3 is 16.4 Å². The molecule has 2 aromatic rings. The van der Waals surface area contributed by atoms with E-state index in [1.165, 1.54) is 11.3 Å². The first kappa shape index (κ1) is 14.8. The van der Waals surface area contributed by atoms with E-state index in [9.17, 15) is 4.79 Å². The Labute approximate surface area is 126 Å². The number of rotatable bonds is 5. The highest BCUT2D eigenvalue weighted by Gasteiger charge is 2.07. The minimum Gasteiger partial charge on any atom is -0.351 e. The molecule has 5 nitrogen and oxygen atoms in total. The van der Waals surface area contributed by atoms with Crippen LogP contribution in [0.15, 0.2) is 30.5 Å². The van der Waals surface area contributed by atoms with Crippen molar-refractivity contribution in [1.29, 1.82) is 0 Å². The van der Waals surface area contributed by atoms with Crippen molar-refractivity contribution in [3.63, 3.8) is 0 Å². The molecule has 2 amide bonds. The Morgan fingerprint density at radius 2 is 2.15 bits per heavy atom. The Morgan fingerprint density at radius 3 is 2.70 bits per heavy atom. The molecule has 1 aromatic carbocycles. The van der Waals surface area contributed by atoms with E-state index in [0.29, 0.717) is 16.6 Å². The summed E-state index contributed by atoms with van der Waals surface area (Å²) in [5, 5.41) is 6.85. The SMILES string of the molecule is CC(NCc1ncc(Cl)s1)c1ccc(NC(N)=O)cc1. The second-order valence-corrected chi connectivity index (χ2v) is 6.02. The summed E-state index contributed by atoms with van der Waals surface area (Å²) in [5.41, 5.74) is 6.85. The van der Waals surface area contributed by atoms with Crippen molar-refractivity contribution in [2.45, 2.75) is 19.5 Å². The van der Waals surface area contributed by atoms with Gasteiger partial charge in [0.15, 0.2) is 0 Å². The number of primary amides is 1. The third kappa shape index (κ3) is 4.19. The third-order valence-corrected chi connectivity index (χ3v) is 3.88. The minimum atomic E-state index is -0.565. The molecule has 1 aromatic heterocycles. The average molecular weight is 311 g/mol. The lowest BCUT2D eigenvalue weighted by Gasteiger charge is -2.13. The number of nitrogens with two attached hydrogens (primary N) is 1. The van der Waals surface area contributed by atoms with Crippen molar-refractivity contribution >= 4 is 34.7 Å². The molecule has 1 atom stereocenters. The minimum absolute atomic E-state index is 0.167. The number of anilines is 1. The largest absolute Gasteiger partial charge is 0.351 e. The molecule has 0 saturated heterocycles. The summed E-state index contributed by atoms with van der Waals surface area (Å²) in [7, 11) is 0. The number of amides is 2. The van der Waals surface area contributed by atoms with Gasteiger partial charge in [-0.3, -0.25) is 0 Å². The van der Waals surface area contributed by atoms with Gasteiger partial charge in [0.1, 0.15) is 9.34 Å². The molecular formula is C13H15ClN4OS. The Morgan fingerprint density at radius 1 is 1.45 bits per heavy atom. The van der Waals surface area contributed by atoms with Crippen LogP contribution in [0, 0.1) is 0 Å². The third-order valence-electron chi connectivity index (χ3n) is 2.76. The maximum atomic E-state index is 10.7. The zero-order valence-electron chi connectivity index (χ0n) is 10.9. The predicted molar refractivity (Wildman–Crippen MR) is 82.0 cm³/mol. The fourth-order valence-corrected chi connectivity index (χ4v) is 2.63. The Balaban J connectivity index is 1.91. The number of hydrogen-bond acceptors (Lipinski definition) is 4. The number of nitrogens with zero attached hydrogens (tertiary/aromatic N) is 1. The van der Waals surface area contributed by atoms with E-state index < -0.39 is 6.03 Å². The number of carbonyl (C=O) groups excluding carboxylic acids is 1. The van der Waals surface area contributed by atoms with E-state index in [1.807, 2.05) is 24.3 Å². The maximum absolute atomic E-state index is 10.7. The quantitative estimate of drug-likeness (QED) is 0.793. The van der Waals surface area contributed by atoms with Crippen LogP contribution >= 0.6 is 22.9 Å². The van der Waals surface area contributed by atoms with Crippen LogP contribution in [0.25, 0.3) is 0 Å². The van der Waals surface area contributed by atoms with Crippen LogP contribution in [0.4, 0.5) is 10.5 Å². The zero-order chi connectivity index (χ0) is 14.5. The molecule has 0 aliphatic heterocycles. The summed E-state index contributed by atoms with van der Waals surface area (Å²) in [4.78, 5) is 14.9. The fraction of sp³-hybridized carbons (Fsp3) is 0.231. The second kappa shape index (κ2) is 6.69. The molecule has 0 fully saturated rings. The molecule has 0 aliphatic carbocycles. The monoisotopic (exact) mass is 310 g/mol. The molecule has 0 aliphatic rings. The van der Waals surface area contributed by atoms with Crippen LogP contribution in [0.1, 0.15) is 23.5 Å². The standard InChI is InChI=1S/C13H15ClN4OS/c1-8(16-7-12-17-6-11(14)20-12)9-2-4-10(5-3-9)18-13(15)19/h2-6,8,16H,7H2,1H3,(H3,15,18,19). The number of benzene rings is 1. The van der Waals surface area contributed by atoms with Gasteiger partial charge in [0.2, 0.25) is 0 Å². The van der Waals surface area contributed by atoms with Crippen molar-refractivity contribution < 1.29 is 4.79 Å². The van der Waals surface area contributed by atoms with Crippen LogP contribution in [-0.4, -0.2) is 11.0 Å². The van der Waals surface area contributed by atoms with Crippen molar-refractivity contribution in [1.82, 2.24) is 10.3 Å². The fourth-order valence-electron chi connectivity index (χ4n) is 1.73. The van der Waals surface area contributed by atoms with Crippen LogP contribution in [0.3, 0.4) is 0 Å². The summed E-state index contributed by atoms with van der Waals surface area (Å²) >= 11 is 7.30. The summed E-state index contributed by atoms with van der Waals surface area (Å²) in [6.07, 6.45) is 1.65. The lowest BCUT2D eigenvalue weighted by Crippen LogP contribution is -2.20. The summed E-state index contributed by atoms with van der Waals surface area (Å²) in [6.45, 7) is 2.73. The van der Waals surface area contributed by atoms with E-state index in [0.717, 1.165) is 10.6 Å². The van der Waals surface area contributed by atoms with Gasteiger partial charge in [-0.05, 0) is 24.6 Å². The second-order valence-electron chi connectivity index (χ2n) is 4.27. The van der Waals surface area contributed by atoms with Gasteiger partial charge in [0.05, 0.1) is 6.20 Å². The first-order valence-corrected chi connectivity index (χ1v) is 7.24. The highest BCUT2D eigenvalue weighted by Crippen LogP contribution is 2.20. The van der Waals surface area contributed by atoms with Gasteiger partial charge >= 0.3 is 6.03 Å². The topological polar surface area (TPSA) is 80.0 Å². The lowest BCUT2D eigenvalue weighted by molar-refractivity contribution is 0.259. The number of nitrogens with one attached hydrogen (secondary N) is 2. The lowest BCUT2D eigenvalue weighted by atomic mass is 10.1. The maximum Gasteiger partial charge on any atom is 0.316 e. The first-order chi connectivity index (χ1) is 9.54.